The molecule has 0 N–H and O–H groups in total. The van der Waals surface area contributed by atoms with Gasteiger partial charge < -0.3 is 0 Å². The number of aromatic nitrogens is 5. The summed E-state index contributed by atoms with van der Waals surface area (Å²) in [6, 6.07) is 43.7. The van der Waals surface area contributed by atoms with E-state index in [-0.39, 0.29) is 0 Å². The summed E-state index contributed by atoms with van der Waals surface area (Å²) in [5, 5.41) is 0. The van der Waals surface area contributed by atoms with Gasteiger partial charge in [0.1, 0.15) is 0 Å². The Balaban J connectivity index is 1.40. The average Bonchev–Trinajstić information content (AvgIpc) is 3.09. The smallest absolute Gasteiger partial charge is 0.164 e. The minimum Gasteiger partial charge on any atom is -0.265 e. The van der Waals surface area contributed by atoms with Gasteiger partial charge in [-0.1, -0.05) is 91.0 Å². The zero-order chi connectivity index (χ0) is 28.1. The molecule has 0 spiro atoms. The van der Waals surface area contributed by atoms with Crippen LogP contribution in [0.5, 0.6) is 0 Å². The standard InChI is InChI=1S/C37H25N5/c1-3-8-26(9-4-1)30-12-7-13-31(24-30)33-15-14-32(25-34(33)27-10-5-2-6-11-27)37-41-35(28-16-20-38-21-17-28)40-36(42-37)29-18-22-39-23-19-29/h1-25H. The van der Waals surface area contributed by atoms with E-state index in [1.165, 1.54) is 11.1 Å². The van der Waals surface area contributed by atoms with Crippen molar-refractivity contribution in [2.75, 3.05) is 0 Å². The van der Waals surface area contributed by atoms with E-state index in [0.717, 1.165) is 38.9 Å². The Bertz CT molecular complexity index is 1900. The van der Waals surface area contributed by atoms with Crippen LogP contribution in [-0.4, -0.2) is 24.9 Å². The van der Waals surface area contributed by atoms with E-state index in [1.54, 1.807) is 24.8 Å². The summed E-state index contributed by atoms with van der Waals surface area (Å²) in [6.07, 6.45) is 6.99. The van der Waals surface area contributed by atoms with Crippen LogP contribution in [0.3, 0.4) is 0 Å². The van der Waals surface area contributed by atoms with Crippen LogP contribution in [0.25, 0.3) is 67.5 Å². The second kappa shape index (κ2) is 11.4. The van der Waals surface area contributed by atoms with Gasteiger partial charge in [-0.2, -0.15) is 0 Å². The Morgan fingerprint density at radius 3 is 1.38 bits per heavy atom. The first-order chi connectivity index (χ1) is 20.8. The van der Waals surface area contributed by atoms with Gasteiger partial charge in [0, 0.05) is 41.5 Å². The largest absolute Gasteiger partial charge is 0.265 e. The van der Waals surface area contributed by atoms with Crippen molar-refractivity contribution in [3.8, 4) is 67.5 Å². The van der Waals surface area contributed by atoms with Crippen LogP contribution < -0.4 is 0 Å². The van der Waals surface area contributed by atoms with Crippen molar-refractivity contribution in [3.63, 3.8) is 0 Å². The molecule has 7 aromatic rings. The molecule has 0 aliphatic heterocycles. The lowest BCUT2D eigenvalue weighted by Gasteiger charge is -2.14. The van der Waals surface area contributed by atoms with Crippen molar-refractivity contribution >= 4 is 0 Å². The van der Waals surface area contributed by atoms with Gasteiger partial charge in [-0.25, -0.2) is 15.0 Å². The van der Waals surface area contributed by atoms with Crippen LogP contribution in [0.15, 0.2) is 152 Å². The molecule has 3 heterocycles. The van der Waals surface area contributed by atoms with Crippen molar-refractivity contribution in [2.45, 2.75) is 0 Å². The van der Waals surface area contributed by atoms with Crippen LogP contribution >= 0.6 is 0 Å². The van der Waals surface area contributed by atoms with Crippen molar-refractivity contribution in [2.24, 2.45) is 0 Å². The van der Waals surface area contributed by atoms with Gasteiger partial charge >= 0.3 is 0 Å². The second-order valence-corrected chi connectivity index (χ2v) is 9.85. The fraction of sp³-hybridized carbons (Fsp3) is 0. The van der Waals surface area contributed by atoms with E-state index in [0.29, 0.717) is 17.5 Å². The second-order valence-electron chi connectivity index (χ2n) is 9.85. The molecule has 0 fully saturated rings. The maximum Gasteiger partial charge on any atom is 0.164 e. The molecule has 0 amide bonds. The molecule has 5 heteroatoms. The van der Waals surface area contributed by atoms with Crippen LogP contribution in [0, 0.1) is 0 Å². The quantitative estimate of drug-likeness (QED) is 0.212. The van der Waals surface area contributed by atoms with E-state index in [4.69, 9.17) is 15.0 Å². The van der Waals surface area contributed by atoms with Crippen LogP contribution in [0.2, 0.25) is 0 Å². The van der Waals surface area contributed by atoms with E-state index < -0.39 is 0 Å². The SMILES string of the molecule is c1ccc(-c2cccc(-c3ccc(-c4nc(-c5ccncc5)nc(-c5ccncc5)n4)cc3-c3ccccc3)c2)cc1. The zero-order valence-electron chi connectivity index (χ0n) is 22.7. The molecule has 0 atom stereocenters. The summed E-state index contributed by atoms with van der Waals surface area (Å²) < 4.78 is 0. The summed E-state index contributed by atoms with van der Waals surface area (Å²) in [7, 11) is 0. The molecule has 0 aliphatic rings. The number of hydrogen-bond acceptors (Lipinski definition) is 5. The third-order valence-corrected chi connectivity index (χ3v) is 7.16. The van der Waals surface area contributed by atoms with E-state index >= 15 is 0 Å². The van der Waals surface area contributed by atoms with Gasteiger partial charge in [-0.15, -0.1) is 0 Å². The molecule has 0 saturated heterocycles. The molecule has 0 bridgehead atoms. The van der Waals surface area contributed by atoms with Crippen molar-refractivity contribution in [1.29, 1.82) is 0 Å². The molecule has 7 rings (SSSR count). The fourth-order valence-corrected chi connectivity index (χ4v) is 5.05. The number of hydrogen-bond donors (Lipinski definition) is 0. The van der Waals surface area contributed by atoms with Gasteiger partial charge in [0.25, 0.3) is 0 Å². The summed E-state index contributed by atoms with van der Waals surface area (Å²) in [4.78, 5) is 23.0. The normalized spacial score (nSPS) is 10.9. The predicted molar refractivity (Wildman–Crippen MR) is 168 cm³/mol. The minimum atomic E-state index is 0.593. The summed E-state index contributed by atoms with van der Waals surface area (Å²) in [6.45, 7) is 0. The maximum atomic E-state index is 4.92. The first-order valence-corrected chi connectivity index (χ1v) is 13.7. The molecule has 5 nitrogen and oxygen atoms in total. The highest BCUT2D eigenvalue weighted by Crippen LogP contribution is 2.37. The minimum absolute atomic E-state index is 0.593. The molecule has 42 heavy (non-hydrogen) atoms. The summed E-state index contributed by atoms with van der Waals surface area (Å²) >= 11 is 0. The first kappa shape index (κ1) is 25.2. The Morgan fingerprint density at radius 2 is 0.786 bits per heavy atom. The van der Waals surface area contributed by atoms with E-state index in [1.807, 2.05) is 36.4 Å². The fourth-order valence-electron chi connectivity index (χ4n) is 5.05. The van der Waals surface area contributed by atoms with Gasteiger partial charge in [-0.3, -0.25) is 9.97 Å². The molecule has 0 saturated carbocycles. The molecule has 3 aromatic heterocycles. The third-order valence-electron chi connectivity index (χ3n) is 7.16. The zero-order valence-corrected chi connectivity index (χ0v) is 22.7. The van der Waals surface area contributed by atoms with E-state index in [9.17, 15) is 0 Å². The average molecular weight is 540 g/mol. The lowest BCUT2D eigenvalue weighted by molar-refractivity contribution is 1.07. The highest BCUT2D eigenvalue weighted by atomic mass is 15.0. The van der Waals surface area contributed by atoms with Crippen molar-refractivity contribution in [1.82, 2.24) is 24.9 Å². The molecule has 0 radical (unpaired) electrons. The van der Waals surface area contributed by atoms with Gasteiger partial charge in [0.15, 0.2) is 17.5 Å². The maximum absolute atomic E-state index is 4.92. The Labute approximate surface area is 244 Å². The van der Waals surface area contributed by atoms with Crippen LogP contribution in [0.4, 0.5) is 0 Å². The molecular weight excluding hydrogens is 514 g/mol. The molecule has 0 unspecified atom stereocenters. The Hall–Kier alpha value is -5.81. The third kappa shape index (κ3) is 5.19. The highest BCUT2D eigenvalue weighted by Gasteiger charge is 2.15. The van der Waals surface area contributed by atoms with Crippen molar-refractivity contribution < 1.29 is 0 Å². The van der Waals surface area contributed by atoms with E-state index in [2.05, 4.69) is 101 Å². The van der Waals surface area contributed by atoms with Crippen LogP contribution in [-0.2, 0) is 0 Å². The number of benzene rings is 4. The highest BCUT2D eigenvalue weighted by molar-refractivity contribution is 5.88. The first-order valence-electron chi connectivity index (χ1n) is 13.7. The number of nitrogens with zero attached hydrogens (tertiary/aromatic N) is 5. The monoisotopic (exact) mass is 539 g/mol. The topological polar surface area (TPSA) is 64.5 Å². The predicted octanol–water partition coefficient (Wildman–Crippen LogP) is 8.66. The number of rotatable bonds is 6. The van der Waals surface area contributed by atoms with Gasteiger partial charge in [0.05, 0.1) is 0 Å². The summed E-state index contributed by atoms with van der Waals surface area (Å²) in [5.41, 5.74) is 9.54. The lowest BCUT2D eigenvalue weighted by Crippen LogP contribution is -2.00. The molecule has 198 valence electrons. The Kier molecular flexibility index (Phi) is 6.81. The summed E-state index contributed by atoms with van der Waals surface area (Å²) in [5.74, 6) is 1.79. The lowest BCUT2D eigenvalue weighted by atomic mass is 9.91. The molecular formula is C37H25N5. The molecule has 4 aromatic carbocycles. The Morgan fingerprint density at radius 1 is 0.286 bits per heavy atom. The van der Waals surface area contributed by atoms with Crippen molar-refractivity contribution in [3.05, 3.63) is 152 Å². The number of pyridine rings is 2. The van der Waals surface area contributed by atoms with Gasteiger partial charge in [-0.05, 0) is 69.8 Å². The molecule has 0 aliphatic carbocycles. The van der Waals surface area contributed by atoms with Gasteiger partial charge in [0.2, 0.25) is 0 Å². The van der Waals surface area contributed by atoms with Crippen LogP contribution in [0.1, 0.15) is 0 Å².